The summed E-state index contributed by atoms with van der Waals surface area (Å²) in [7, 11) is -3.52. The minimum absolute atomic E-state index is 0.0691. The maximum absolute atomic E-state index is 12.0. The molecular formula is C28H30ClN3O6S. The Morgan fingerprint density at radius 3 is 2.28 bits per heavy atom. The van der Waals surface area contributed by atoms with Crippen LogP contribution >= 0.6 is 11.6 Å². The monoisotopic (exact) mass is 571 g/mol. The van der Waals surface area contributed by atoms with Gasteiger partial charge in [-0.15, -0.1) is 0 Å². The normalized spacial score (nSPS) is 11.9. The van der Waals surface area contributed by atoms with Crippen molar-refractivity contribution in [1.29, 1.82) is 5.26 Å². The van der Waals surface area contributed by atoms with Gasteiger partial charge in [0.15, 0.2) is 12.4 Å². The van der Waals surface area contributed by atoms with Crippen LogP contribution in [0.5, 0.6) is 11.5 Å². The van der Waals surface area contributed by atoms with E-state index in [-0.39, 0.29) is 34.7 Å². The first-order valence-corrected chi connectivity index (χ1v) is 14.2. The van der Waals surface area contributed by atoms with E-state index in [0.29, 0.717) is 11.4 Å². The first kappa shape index (κ1) is 29.9. The minimum Gasteiger partial charge on any atom is -0.487 e. The van der Waals surface area contributed by atoms with E-state index in [1.165, 1.54) is 6.20 Å². The predicted octanol–water partition coefficient (Wildman–Crippen LogP) is 5.03. The van der Waals surface area contributed by atoms with Crippen molar-refractivity contribution in [1.82, 2.24) is 9.97 Å². The summed E-state index contributed by atoms with van der Waals surface area (Å²) < 4.78 is 39.9. The average molecular weight is 572 g/mol. The molecule has 11 heteroatoms. The summed E-state index contributed by atoms with van der Waals surface area (Å²) in [6.45, 7) is 8.93. The lowest BCUT2D eigenvalue weighted by Gasteiger charge is -2.27. The quantitative estimate of drug-likeness (QED) is 0.256. The number of halogens is 1. The maximum Gasteiger partial charge on any atom is 0.344 e. The van der Waals surface area contributed by atoms with Crippen molar-refractivity contribution in [3.8, 4) is 17.6 Å². The molecule has 1 heterocycles. The molecule has 0 fully saturated rings. The Hall–Kier alpha value is -3.68. The number of nitrogens with zero attached hydrogens (tertiary/aromatic N) is 3. The second kappa shape index (κ2) is 11.6. The molecule has 0 N–H and O–H groups in total. The van der Waals surface area contributed by atoms with Crippen LogP contribution in [-0.4, -0.2) is 42.8 Å². The zero-order valence-corrected chi connectivity index (χ0v) is 24.2. The number of carbonyl (C=O) groups excluding carboxylic acids is 1. The fourth-order valence-corrected chi connectivity index (χ4v) is 4.42. The number of hydrogen-bond acceptors (Lipinski definition) is 9. The van der Waals surface area contributed by atoms with Crippen LogP contribution in [0.4, 0.5) is 0 Å². The Morgan fingerprint density at radius 1 is 1.03 bits per heavy atom. The molecule has 0 radical (unpaired) electrons. The van der Waals surface area contributed by atoms with Gasteiger partial charge in [-0.1, -0.05) is 37.6 Å². The van der Waals surface area contributed by atoms with Crippen LogP contribution in [-0.2, 0) is 31.4 Å². The SMILES string of the molecule is CC(C)(C)OC(=O)COc1c(Cl)cc(C(C)(C)c2ccc(OCc3ccnc(S(C)(=O)=O)n3)cc2)cc1C#N. The number of sulfone groups is 1. The van der Waals surface area contributed by atoms with E-state index in [1.807, 2.05) is 26.0 Å². The molecule has 0 aliphatic carbocycles. The van der Waals surface area contributed by atoms with Crippen LogP contribution in [0.15, 0.2) is 53.8 Å². The third-order valence-electron chi connectivity index (χ3n) is 5.63. The van der Waals surface area contributed by atoms with Crippen molar-refractivity contribution in [3.05, 3.63) is 76.1 Å². The fourth-order valence-electron chi connectivity index (χ4n) is 3.61. The van der Waals surface area contributed by atoms with Gasteiger partial charge >= 0.3 is 5.97 Å². The van der Waals surface area contributed by atoms with E-state index >= 15 is 0 Å². The number of nitriles is 1. The number of benzene rings is 2. The van der Waals surface area contributed by atoms with Crippen molar-refractivity contribution in [2.24, 2.45) is 0 Å². The molecule has 0 saturated carbocycles. The van der Waals surface area contributed by atoms with Gasteiger partial charge in [0.25, 0.3) is 0 Å². The fraction of sp³-hybridized carbons (Fsp3) is 0.357. The highest BCUT2D eigenvalue weighted by Crippen LogP contribution is 2.38. The molecule has 0 bridgehead atoms. The number of carbonyl (C=O) groups is 1. The molecule has 1 aromatic heterocycles. The second-order valence-electron chi connectivity index (χ2n) is 10.4. The van der Waals surface area contributed by atoms with E-state index in [4.69, 9.17) is 25.8 Å². The number of ether oxygens (including phenoxy) is 3. The standard InChI is InChI=1S/C28H30ClN3O6S/c1-27(2,3)38-24(33)17-37-25-18(15-30)13-20(14-23(25)29)28(4,5)19-7-9-22(10-8-19)36-16-21-11-12-31-26(32-21)39(6,34)35/h7-14H,16-17H2,1-6H3. The molecule has 0 amide bonds. The molecule has 3 aromatic rings. The van der Waals surface area contributed by atoms with Crippen LogP contribution in [0, 0.1) is 11.3 Å². The minimum atomic E-state index is -3.52. The summed E-state index contributed by atoms with van der Waals surface area (Å²) in [5.74, 6) is 0.123. The number of rotatable bonds is 9. The van der Waals surface area contributed by atoms with Crippen LogP contribution in [0.25, 0.3) is 0 Å². The molecule has 0 aliphatic heterocycles. The predicted molar refractivity (Wildman–Crippen MR) is 146 cm³/mol. The smallest absolute Gasteiger partial charge is 0.344 e. The van der Waals surface area contributed by atoms with Gasteiger partial charge in [-0.3, -0.25) is 0 Å². The first-order chi connectivity index (χ1) is 18.1. The summed E-state index contributed by atoms with van der Waals surface area (Å²) in [4.78, 5) is 19.9. The molecular weight excluding hydrogens is 542 g/mol. The molecule has 39 heavy (non-hydrogen) atoms. The lowest BCUT2D eigenvalue weighted by atomic mass is 9.77. The van der Waals surface area contributed by atoms with Crippen molar-refractivity contribution in [3.63, 3.8) is 0 Å². The molecule has 0 saturated heterocycles. The largest absolute Gasteiger partial charge is 0.487 e. The van der Waals surface area contributed by atoms with Gasteiger partial charge < -0.3 is 14.2 Å². The zero-order chi connectivity index (χ0) is 29.0. The first-order valence-electron chi connectivity index (χ1n) is 11.9. The maximum atomic E-state index is 12.0. The third kappa shape index (κ3) is 7.91. The van der Waals surface area contributed by atoms with E-state index in [0.717, 1.165) is 17.4 Å². The van der Waals surface area contributed by atoms with Crippen LogP contribution in [0.1, 0.15) is 57.0 Å². The molecule has 206 valence electrons. The average Bonchev–Trinajstić information content (AvgIpc) is 2.85. The second-order valence-corrected chi connectivity index (χ2v) is 12.7. The Kier molecular flexibility index (Phi) is 8.88. The highest BCUT2D eigenvalue weighted by Gasteiger charge is 2.27. The van der Waals surface area contributed by atoms with Crippen LogP contribution < -0.4 is 9.47 Å². The van der Waals surface area contributed by atoms with E-state index in [9.17, 15) is 18.5 Å². The molecule has 0 unspecified atom stereocenters. The van der Waals surface area contributed by atoms with Crippen LogP contribution in [0.2, 0.25) is 5.02 Å². The van der Waals surface area contributed by atoms with Gasteiger partial charge in [0.05, 0.1) is 16.3 Å². The number of esters is 1. The van der Waals surface area contributed by atoms with Gasteiger partial charge in [-0.25, -0.2) is 23.2 Å². The van der Waals surface area contributed by atoms with E-state index < -0.39 is 26.8 Å². The van der Waals surface area contributed by atoms with E-state index in [2.05, 4.69) is 16.0 Å². The number of aromatic nitrogens is 2. The third-order valence-corrected chi connectivity index (χ3v) is 6.77. The molecule has 3 rings (SSSR count). The van der Waals surface area contributed by atoms with Gasteiger partial charge in [0.2, 0.25) is 15.0 Å². The molecule has 9 nitrogen and oxygen atoms in total. The zero-order valence-electron chi connectivity index (χ0n) is 22.6. The summed E-state index contributed by atoms with van der Waals surface area (Å²) in [6, 6.07) is 14.5. The molecule has 0 atom stereocenters. The Labute approximate surface area is 233 Å². The Bertz CT molecular complexity index is 1510. The summed E-state index contributed by atoms with van der Waals surface area (Å²) >= 11 is 6.49. The summed E-state index contributed by atoms with van der Waals surface area (Å²) in [5.41, 5.74) is 1.13. The Morgan fingerprint density at radius 2 is 1.69 bits per heavy atom. The summed E-state index contributed by atoms with van der Waals surface area (Å²) in [5, 5.41) is 9.70. The van der Waals surface area contributed by atoms with E-state index in [1.54, 1.807) is 51.1 Å². The highest BCUT2D eigenvalue weighted by atomic mass is 35.5. The molecule has 0 aliphatic rings. The van der Waals surface area contributed by atoms with Gasteiger partial charge in [0, 0.05) is 17.9 Å². The lowest BCUT2D eigenvalue weighted by Crippen LogP contribution is -2.27. The Balaban J connectivity index is 1.75. The van der Waals surface area contributed by atoms with Gasteiger partial charge in [-0.2, -0.15) is 5.26 Å². The van der Waals surface area contributed by atoms with Crippen molar-refractivity contribution >= 4 is 27.4 Å². The topological polar surface area (TPSA) is 128 Å². The van der Waals surface area contributed by atoms with Crippen molar-refractivity contribution in [2.75, 3.05) is 12.9 Å². The van der Waals surface area contributed by atoms with Gasteiger partial charge in [0.1, 0.15) is 24.0 Å². The van der Waals surface area contributed by atoms with Crippen LogP contribution in [0.3, 0.4) is 0 Å². The van der Waals surface area contributed by atoms with Gasteiger partial charge in [-0.05, 0) is 62.2 Å². The lowest BCUT2D eigenvalue weighted by molar-refractivity contribution is -0.157. The molecule has 2 aromatic carbocycles. The number of hydrogen-bond donors (Lipinski definition) is 0. The summed E-state index contributed by atoms with van der Waals surface area (Å²) in [6.07, 6.45) is 2.42. The molecule has 0 spiro atoms. The van der Waals surface area contributed by atoms with Crippen molar-refractivity contribution in [2.45, 2.75) is 57.4 Å². The highest BCUT2D eigenvalue weighted by molar-refractivity contribution is 7.90. The van der Waals surface area contributed by atoms with Crippen molar-refractivity contribution < 1.29 is 27.4 Å².